The molecule has 2 atom stereocenters. The summed E-state index contributed by atoms with van der Waals surface area (Å²) in [6.45, 7) is 7.98. The summed E-state index contributed by atoms with van der Waals surface area (Å²) in [6.07, 6.45) is 3.72. The number of nitrogens with zero attached hydrogens (tertiary/aromatic N) is 1. The highest BCUT2D eigenvalue weighted by atomic mass is 16.5. The van der Waals surface area contributed by atoms with Crippen molar-refractivity contribution in [3.05, 3.63) is 42.5 Å². The topological polar surface area (TPSA) is 86.2 Å². The number of benzene rings is 1. The van der Waals surface area contributed by atoms with Gasteiger partial charge in [0.15, 0.2) is 6.40 Å². The van der Waals surface area contributed by atoms with Crippen LogP contribution < -0.4 is 10.1 Å². The first-order valence-corrected chi connectivity index (χ1v) is 9.16. The van der Waals surface area contributed by atoms with E-state index in [4.69, 9.17) is 14.1 Å². The van der Waals surface area contributed by atoms with Crippen LogP contribution in [0.15, 0.2) is 41.9 Å². The van der Waals surface area contributed by atoms with E-state index in [2.05, 4.69) is 16.9 Å². The Morgan fingerprint density at radius 3 is 2.50 bits per heavy atom. The van der Waals surface area contributed by atoms with Crippen LogP contribution in [0.5, 0.6) is 5.75 Å². The molecule has 1 N–H and O–H groups in total. The van der Waals surface area contributed by atoms with Gasteiger partial charge in [-0.25, -0.2) is 9.79 Å². The monoisotopic (exact) mass is 388 g/mol. The zero-order valence-corrected chi connectivity index (χ0v) is 17.0. The van der Waals surface area contributed by atoms with Crippen LogP contribution in [0.25, 0.3) is 0 Å². The minimum Gasteiger partial charge on any atom is -0.560 e. The van der Waals surface area contributed by atoms with Gasteiger partial charge in [-0.3, -0.25) is 4.79 Å². The fourth-order valence-electron chi connectivity index (χ4n) is 2.54. The van der Waals surface area contributed by atoms with E-state index in [-0.39, 0.29) is 11.8 Å². The molecule has 0 spiro atoms. The van der Waals surface area contributed by atoms with Gasteiger partial charge >= 0.3 is 14.0 Å². The standard InChI is InChI=1S/C20H29BN2O5/c1-5-10-27-16-8-6-15(7-9-16)12-17(22-13-28-21)19(24)23-18(11-14(2)3)20(25)26-4/h5-9,13-14,17-18H,1,10-12,21H2,2-4H3,(H,23,24)/t17-,18-/m0/s1. The molecule has 0 saturated heterocycles. The fraction of sp³-hybridized carbons (Fsp3) is 0.450. The summed E-state index contributed by atoms with van der Waals surface area (Å²) in [5.74, 6) is 0.0951. The van der Waals surface area contributed by atoms with E-state index in [1.165, 1.54) is 21.6 Å². The van der Waals surface area contributed by atoms with Crippen LogP contribution in [0.4, 0.5) is 0 Å². The van der Waals surface area contributed by atoms with E-state index in [0.29, 0.717) is 25.2 Å². The smallest absolute Gasteiger partial charge is 0.328 e. The molecule has 7 nitrogen and oxygen atoms in total. The molecule has 0 bridgehead atoms. The van der Waals surface area contributed by atoms with Crippen molar-refractivity contribution in [1.82, 2.24) is 5.32 Å². The summed E-state index contributed by atoms with van der Waals surface area (Å²) in [4.78, 5) is 28.9. The van der Waals surface area contributed by atoms with E-state index in [1.807, 2.05) is 38.1 Å². The minimum atomic E-state index is -0.737. The third-order valence-electron chi connectivity index (χ3n) is 3.88. The summed E-state index contributed by atoms with van der Waals surface area (Å²) >= 11 is 0. The number of carbonyl (C=O) groups is 2. The highest BCUT2D eigenvalue weighted by molar-refractivity contribution is 6.02. The van der Waals surface area contributed by atoms with Crippen LogP contribution in [0.2, 0.25) is 0 Å². The molecule has 152 valence electrons. The number of nitrogens with one attached hydrogen (secondary N) is 1. The molecule has 1 aromatic rings. The Balaban J connectivity index is 2.87. The SMILES string of the molecule is BOC=N[C@@H](Cc1ccc(OCC=C)cc1)C(=O)N[C@@H](CC(C)C)C(=O)OC. The van der Waals surface area contributed by atoms with Crippen molar-refractivity contribution in [1.29, 1.82) is 0 Å². The van der Waals surface area contributed by atoms with E-state index in [1.54, 1.807) is 6.08 Å². The Kier molecular flexibility index (Phi) is 10.5. The second kappa shape index (κ2) is 12.6. The molecule has 0 fully saturated rings. The molecule has 0 aliphatic rings. The third kappa shape index (κ3) is 8.29. The summed E-state index contributed by atoms with van der Waals surface area (Å²) < 4.78 is 15.1. The van der Waals surface area contributed by atoms with Gasteiger partial charge in [0.05, 0.1) is 7.11 Å². The first kappa shape index (κ1) is 23.3. The molecular weight excluding hydrogens is 359 g/mol. The second-order valence-corrected chi connectivity index (χ2v) is 6.67. The van der Waals surface area contributed by atoms with Crippen LogP contribution in [-0.4, -0.2) is 52.1 Å². The molecule has 1 rings (SSSR count). The van der Waals surface area contributed by atoms with Gasteiger partial charge in [-0.05, 0) is 30.0 Å². The number of esters is 1. The molecule has 0 radical (unpaired) electrons. The van der Waals surface area contributed by atoms with Crippen molar-refractivity contribution in [2.24, 2.45) is 10.9 Å². The maximum Gasteiger partial charge on any atom is 0.328 e. The van der Waals surface area contributed by atoms with Crippen molar-refractivity contribution >= 4 is 26.3 Å². The number of aliphatic imine (C=N–C) groups is 1. The summed E-state index contributed by atoms with van der Waals surface area (Å²) in [6, 6.07) is 5.93. The highest BCUT2D eigenvalue weighted by Crippen LogP contribution is 2.15. The molecule has 0 unspecified atom stereocenters. The zero-order chi connectivity index (χ0) is 20.9. The van der Waals surface area contributed by atoms with Crippen molar-refractivity contribution in [2.45, 2.75) is 38.8 Å². The van der Waals surface area contributed by atoms with Gasteiger partial charge in [0.1, 0.15) is 24.4 Å². The van der Waals surface area contributed by atoms with Crippen LogP contribution in [-0.2, 0) is 25.4 Å². The van der Waals surface area contributed by atoms with E-state index in [0.717, 1.165) is 5.56 Å². The van der Waals surface area contributed by atoms with Gasteiger partial charge in [0.25, 0.3) is 0 Å². The minimum absolute atomic E-state index is 0.216. The number of amides is 1. The average molecular weight is 388 g/mol. The Morgan fingerprint density at radius 1 is 1.29 bits per heavy atom. The van der Waals surface area contributed by atoms with Crippen molar-refractivity contribution < 1.29 is 23.7 Å². The largest absolute Gasteiger partial charge is 0.560 e. The lowest BCUT2D eigenvalue weighted by molar-refractivity contribution is -0.145. The number of hydrogen-bond acceptors (Lipinski definition) is 6. The molecule has 28 heavy (non-hydrogen) atoms. The number of rotatable bonds is 12. The molecule has 0 heterocycles. The number of hydrogen-bond donors (Lipinski definition) is 1. The van der Waals surface area contributed by atoms with E-state index in [9.17, 15) is 9.59 Å². The highest BCUT2D eigenvalue weighted by Gasteiger charge is 2.26. The molecule has 8 heteroatoms. The Labute approximate surface area is 167 Å². The van der Waals surface area contributed by atoms with E-state index < -0.39 is 18.1 Å². The maximum atomic E-state index is 12.8. The van der Waals surface area contributed by atoms with E-state index >= 15 is 0 Å². The quantitative estimate of drug-likeness (QED) is 0.193. The Hall–Kier alpha value is -2.77. The van der Waals surface area contributed by atoms with Gasteiger partial charge in [0, 0.05) is 6.42 Å². The van der Waals surface area contributed by atoms with Crippen molar-refractivity contribution in [2.75, 3.05) is 13.7 Å². The maximum absolute atomic E-state index is 12.8. The summed E-state index contributed by atoms with van der Waals surface area (Å²) in [7, 11) is 2.76. The third-order valence-corrected chi connectivity index (χ3v) is 3.88. The van der Waals surface area contributed by atoms with Crippen LogP contribution in [0.1, 0.15) is 25.8 Å². The predicted molar refractivity (Wildman–Crippen MR) is 111 cm³/mol. The lowest BCUT2D eigenvalue weighted by atomic mass is 10.0. The lowest BCUT2D eigenvalue weighted by Gasteiger charge is -2.21. The molecule has 0 aromatic heterocycles. The predicted octanol–water partition coefficient (Wildman–Crippen LogP) is 1.46. The lowest BCUT2D eigenvalue weighted by Crippen LogP contribution is -2.46. The first-order valence-electron chi connectivity index (χ1n) is 9.16. The van der Waals surface area contributed by atoms with Gasteiger partial charge in [-0.15, -0.1) is 0 Å². The van der Waals surface area contributed by atoms with Gasteiger partial charge in [-0.2, -0.15) is 0 Å². The second-order valence-electron chi connectivity index (χ2n) is 6.67. The average Bonchev–Trinajstić information content (AvgIpc) is 2.68. The van der Waals surface area contributed by atoms with Crippen LogP contribution >= 0.6 is 0 Å². The van der Waals surface area contributed by atoms with Crippen LogP contribution in [0.3, 0.4) is 0 Å². The normalized spacial score (nSPS) is 13.0. The number of ether oxygens (including phenoxy) is 2. The number of carbonyl (C=O) groups excluding carboxylic acids is 2. The Bertz CT molecular complexity index is 661. The molecule has 0 aliphatic heterocycles. The zero-order valence-electron chi connectivity index (χ0n) is 17.0. The van der Waals surface area contributed by atoms with Gasteiger partial charge in [-0.1, -0.05) is 38.6 Å². The molecule has 0 saturated carbocycles. The van der Waals surface area contributed by atoms with Crippen molar-refractivity contribution in [3.8, 4) is 5.75 Å². The molecule has 0 aliphatic carbocycles. The Morgan fingerprint density at radius 2 is 1.96 bits per heavy atom. The molecule has 1 aromatic carbocycles. The van der Waals surface area contributed by atoms with Gasteiger partial charge in [0.2, 0.25) is 5.91 Å². The van der Waals surface area contributed by atoms with Gasteiger partial charge < -0.3 is 19.4 Å². The number of methoxy groups -OCH3 is 1. The fourth-order valence-corrected chi connectivity index (χ4v) is 2.54. The first-order chi connectivity index (χ1) is 13.4. The molecular formula is C20H29BN2O5. The van der Waals surface area contributed by atoms with Crippen LogP contribution in [0, 0.1) is 5.92 Å². The summed E-state index contributed by atoms with van der Waals surface area (Å²) in [5.41, 5.74) is 0.901. The van der Waals surface area contributed by atoms with Crippen molar-refractivity contribution in [3.63, 3.8) is 0 Å². The molecule has 1 amide bonds. The summed E-state index contributed by atoms with van der Waals surface area (Å²) in [5, 5.41) is 2.75.